The van der Waals surface area contributed by atoms with Gasteiger partial charge in [0.1, 0.15) is 0 Å². The Hall–Kier alpha value is -0.870. The topological polar surface area (TPSA) is 43.4 Å². The third kappa shape index (κ3) is 3.54. The van der Waals surface area contributed by atoms with Crippen LogP contribution in [0, 0.1) is 0 Å². The van der Waals surface area contributed by atoms with Gasteiger partial charge in [0.25, 0.3) is 0 Å². The maximum absolute atomic E-state index is 12.1. The van der Waals surface area contributed by atoms with Crippen molar-refractivity contribution in [1.29, 1.82) is 0 Å². The number of ketones is 1. The van der Waals surface area contributed by atoms with Crippen LogP contribution in [-0.4, -0.2) is 17.4 Å². The van der Waals surface area contributed by atoms with E-state index in [1.807, 2.05) is 0 Å². The second-order valence-corrected chi connectivity index (χ2v) is 5.32. The lowest BCUT2D eigenvalue weighted by Crippen LogP contribution is -2.36. The lowest BCUT2D eigenvalue weighted by molar-refractivity contribution is -0.149. The van der Waals surface area contributed by atoms with E-state index in [0.717, 1.165) is 0 Å². The third-order valence-electron chi connectivity index (χ3n) is 2.13. The van der Waals surface area contributed by atoms with Crippen LogP contribution in [-0.2, 0) is 9.53 Å². The molecule has 0 radical (unpaired) electrons. The minimum atomic E-state index is -1.19. The van der Waals surface area contributed by atoms with Crippen LogP contribution in [0.2, 0.25) is 5.02 Å². The normalized spacial score (nSPS) is 11.1. The van der Waals surface area contributed by atoms with Crippen molar-refractivity contribution in [3.8, 4) is 0 Å². The van der Waals surface area contributed by atoms with Crippen molar-refractivity contribution < 1.29 is 14.3 Å². The summed E-state index contributed by atoms with van der Waals surface area (Å²) in [4.78, 5) is 23.0. The Balaban J connectivity index is 3.03. The molecular weight excluding hydrogens is 307 g/mol. The molecule has 1 aromatic rings. The third-order valence-corrected chi connectivity index (χ3v) is 3.36. The molecule has 0 bridgehead atoms. The smallest absolute Gasteiger partial charge is 0.303 e. The molecule has 0 unspecified atom stereocenters. The summed E-state index contributed by atoms with van der Waals surface area (Å²) >= 11 is 9.15. The molecule has 1 aromatic carbocycles. The van der Waals surface area contributed by atoms with Gasteiger partial charge in [-0.15, -0.1) is 0 Å². The molecule has 0 fully saturated rings. The standard InChI is InChI=1S/C12H12BrClO3/c1-7(15)17-12(2,3)11(16)8-4-5-9(13)10(14)6-8/h4-6H,1-3H3. The predicted molar refractivity (Wildman–Crippen MR) is 69.3 cm³/mol. The van der Waals surface area contributed by atoms with Crippen LogP contribution in [0.25, 0.3) is 0 Å². The first kappa shape index (κ1) is 14.2. The summed E-state index contributed by atoms with van der Waals surface area (Å²) in [7, 11) is 0. The Morgan fingerprint density at radius 1 is 1.35 bits per heavy atom. The zero-order valence-corrected chi connectivity index (χ0v) is 12.1. The van der Waals surface area contributed by atoms with Gasteiger partial charge in [-0.3, -0.25) is 9.59 Å². The van der Waals surface area contributed by atoms with Gasteiger partial charge in [-0.05, 0) is 41.9 Å². The van der Waals surface area contributed by atoms with Gasteiger partial charge in [-0.1, -0.05) is 17.7 Å². The van der Waals surface area contributed by atoms with Crippen LogP contribution >= 0.6 is 27.5 Å². The molecule has 0 aromatic heterocycles. The summed E-state index contributed by atoms with van der Waals surface area (Å²) in [5, 5.41) is 0.439. The number of benzene rings is 1. The molecule has 0 heterocycles. The molecule has 0 spiro atoms. The first-order chi connectivity index (χ1) is 7.74. The number of halogens is 2. The van der Waals surface area contributed by atoms with Crippen LogP contribution < -0.4 is 0 Å². The van der Waals surface area contributed by atoms with Crippen LogP contribution in [0.1, 0.15) is 31.1 Å². The summed E-state index contributed by atoms with van der Waals surface area (Å²) in [5.41, 5.74) is -0.785. The molecular formula is C12H12BrClO3. The molecule has 0 aliphatic rings. The minimum absolute atomic E-state index is 0.290. The van der Waals surface area contributed by atoms with Crippen molar-refractivity contribution in [2.45, 2.75) is 26.4 Å². The highest BCUT2D eigenvalue weighted by Gasteiger charge is 2.32. The van der Waals surface area contributed by atoms with E-state index in [2.05, 4.69) is 15.9 Å². The van der Waals surface area contributed by atoms with Gasteiger partial charge >= 0.3 is 5.97 Å². The molecule has 0 aliphatic heterocycles. The number of hydrogen-bond donors (Lipinski definition) is 0. The monoisotopic (exact) mass is 318 g/mol. The average molecular weight is 320 g/mol. The quantitative estimate of drug-likeness (QED) is 0.631. The summed E-state index contributed by atoms with van der Waals surface area (Å²) in [6, 6.07) is 4.85. The van der Waals surface area contributed by atoms with E-state index in [0.29, 0.717) is 15.1 Å². The molecule has 5 heteroatoms. The molecule has 0 aliphatic carbocycles. The molecule has 0 N–H and O–H groups in total. The van der Waals surface area contributed by atoms with Gasteiger partial charge in [0.05, 0.1) is 5.02 Å². The Morgan fingerprint density at radius 3 is 2.41 bits per heavy atom. The largest absolute Gasteiger partial charge is 0.451 e. The van der Waals surface area contributed by atoms with Gasteiger partial charge in [0.15, 0.2) is 5.60 Å². The van der Waals surface area contributed by atoms with Crippen LogP contribution in [0.5, 0.6) is 0 Å². The van der Waals surface area contributed by atoms with E-state index in [9.17, 15) is 9.59 Å². The fourth-order valence-electron chi connectivity index (χ4n) is 1.39. The van der Waals surface area contributed by atoms with Crippen molar-refractivity contribution in [3.63, 3.8) is 0 Å². The Morgan fingerprint density at radius 2 is 1.94 bits per heavy atom. The first-order valence-electron chi connectivity index (χ1n) is 4.93. The zero-order valence-electron chi connectivity index (χ0n) is 9.71. The molecule has 1 rings (SSSR count). The number of Topliss-reactive ketones (excluding diaryl/α,β-unsaturated/α-hetero) is 1. The second kappa shape index (κ2) is 5.19. The van der Waals surface area contributed by atoms with Crippen LogP contribution in [0.15, 0.2) is 22.7 Å². The van der Waals surface area contributed by atoms with E-state index >= 15 is 0 Å². The number of carbonyl (C=O) groups is 2. The summed E-state index contributed by atoms with van der Waals surface area (Å²) in [6.45, 7) is 4.36. The highest BCUT2D eigenvalue weighted by atomic mass is 79.9. The Kier molecular flexibility index (Phi) is 4.33. The van der Waals surface area contributed by atoms with Gasteiger partial charge < -0.3 is 4.74 Å². The maximum atomic E-state index is 12.1. The second-order valence-electron chi connectivity index (χ2n) is 4.06. The SMILES string of the molecule is CC(=O)OC(C)(C)C(=O)c1ccc(Br)c(Cl)c1. The number of esters is 1. The number of rotatable bonds is 3. The summed E-state index contributed by atoms with van der Waals surface area (Å²) in [5.74, 6) is -0.784. The van der Waals surface area contributed by atoms with Crippen molar-refractivity contribution in [2.75, 3.05) is 0 Å². The van der Waals surface area contributed by atoms with E-state index < -0.39 is 11.6 Å². The highest BCUT2D eigenvalue weighted by molar-refractivity contribution is 9.10. The summed E-state index contributed by atoms with van der Waals surface area (Å²) in [6.07, 6.45) is 0. The van der Waals surface area contributed by atoms with Crippen molar-refractivity contribution in [2.24, 2.45) is 0 Å². The van der Waals surface area contributed by atoms with Crippen LogP contribution in [0.3, 0.4) is 0 Å². The Bertz CT molecular complexity index is 469. The highest BCUT2D eigenvalue weighted by Crippen LogP contribution is 2.26. The van der Waals surface area contributed by atoms with Gasteiger partial charge in [-0.25, -0.2) is 0 Å². The van der Waals surface area contributed by atoms with Crippen molar-refractivity contribution in [1.82, 2.24) is 0 Å². The lowest BCUT2D eigenvalue weighted by Gasteiger charge is -2.22. The Labute approximate surface area is 113 Å². The minimum Gasteiger partial charge on any atom is -0.451 e. The number of hydrogen-bond acceptors (Lipinski definition) is 3. The number of ether oxygens (including phenoxy) is 1. The summed E-state index contributed by atoms with van der Waals surface area (Å²) < 4.78 is 5.69. The fraction of sp³-hybridized carbons (Fsp3) is 0.333. The van der Waals surface area contributed by atoms with E-state index in [1.54, 1.807) is 32.0 Å². The molecule has 0 saturated heterocycles. The number of carbonyl (C=O) groups excluding carboxylic acids is 2. The predicted octanol–water partition coefficient (Wildman–Crippen LogP) is 3.63. The molecule has 92 valence electrons. The van der Waals surface area contributed by atoms with Crippen LogP contribution in [0.4, 0.5) is 0 Å². The molecule has 0 saturated carbocycles. The van der Waals surface area contributed by atoms with Crippen molar-refractivity contribution in [3.05, 3.63) is 33.3 Å². The maximum Gasteiger partial charge on any atom is 0.303 e. The zero-order chi connectivity index (χ0) is 13.2. The molecule has 0 atom stereocenters. The van der Waals surface area contributed by atoms with E-state index in [-0.39, 0.29) is 5.78 Å². The fourth-order valence-corrected chi connectivity index (χ4v) is 1.82. The van der Waals surface area contributed by atoms with Gasteiger partial charge in [0.2, 0.25) is 5.78 Å². The molecule has 0 amide bonds. The average Bonchev–Trinajstić information content (AvgIpc) is 2.19. The van der Waals surface area contributed by atoms with Crippen molar-refractivity contribution >= 4 is 39.3 Å². The van der Waals surface area contributed by atoms with Gasteiger partial charge in [-0.2, -0.15) is 0 Å². The molecule has 3 nitrogen and oxygen atoms in total. The van der Waals surface area contributed by atoms with E-state index in [4.69, 9.17) is 16.3 Å². The van der Waals surface area contributed by atoms with Gasteiger partial charge in [0, 0.05) is 17.0 Å². The lowest BCUT2D eigenvalue weighted by atomic mass is 9.96. The molecule has 17 heavy (non-hydrogen) atoms. The first-order valence-corrected chi connectivity index (χ1v) is 6.10. The van der Waals surface area contributed by atoms with E-state index in [1.165, 1.54) is 6.92 Å².